The van der Waals surface area contributed by atoms with E-state index >= 15 is 0 Å². The number of aldehydes is 1. The zero-order valence-electron chi connectivity index (χ0n) is 20.5. The third-order valence-electron chi connectivity index (χ3n) is 6.66. The molecule has 2 aliphatic rings. The van der Waals surface area contributed by atoms with Crippen molar-refractivity contribution in [3.8, 4) is 11.5 Å². The zero-order valence-corrected chi connectivity index (χ0v) is 20.5. The monoisotopic (exact) mass is 512 g/mol. The Kier molecular flexibility index (Phi) is 7.89. The van der Waals surface area contributed by atoms with Crippen LogP contribution in [0.5, 0.6) is 11.5 Å². The third kappa shape index (κ3) is 5.07. The average molecular weight is 513 g/mol. The minimum Gasteiger partial charge on any atom is -0.493 e. The lowest BCUT2D eigenvalue weighted by Crippen LogP contribution is -2.55. The van der Waals surface area contributed by atoms with Crippen LogP contribution in [-0.4, -0.2) is 71.7 Å². The quantitative estimate of drug-likeness (QED) is 0.437. The molecular formula is C27H29FN2O7. The molecule has 0 saturated carbocycles. The van der Waals surface area contributed by atoms with Crippen molar-refractivity contribution in [2.75, 3.05) is 20.3 Å². The van der Waals surface area contributed by atoms with Crippen LogP contribution >= 0.6 is 0 Å². The first kappa shape index (κ1) is 26.3. The number of carbonyl (C=O) groups is 3. The van der Waals surface area contributed by atoms with Gasteiger partial charge in [-0.3, -0.25) is 14.4 Å². The molecule has 10 heteroatoms. The standard InChI is InChI=1S/C27H29FN2O7/c1-3-22(33)30(13-15-4-6-17(28)7-5-15)20-12-19(27(35)29-8-9-31)23-18-10-16(14-32)11-21(36-2)25(18)37-26(23)24(20)34/h4-7,10-12,14,20,23-24,26,31,34H,3,8-9,13H2,1-2H3,(H,29,35). The van der Waals surface area contributed by atoms with E-state index in [1.807, 2.05) is 0 Å². The highest BCUT2D eigenvalue weighted by molar-refractivity contribution is 5.96. The number of carbonyl (C=O) groups excluding carboxylic acids is 3. The first-order valence-electron chi connectivity index (χ1n) is 12.0. The van der Waals surface area contributed by atoms with Crippen LogP contribution in [0.25, 0.3) is 0 Å². The number of benzene rings is 2. The van der Waals surface area contributed by atoms with Crippen LogP contribution in [0.3, 0.4) is 0 Å². The molecule has 9 nitrogen and oxygen atoms in total. The minimum atomic E-state index is -1.24. The second-order valence-electron chi connectivity index (χ2n) is 8.90. The summed E-state index contributed by atoms with van der Waals surface area (Å²) >= 11 is 0. The Morgan fingerprint density at radius 1 is 1.24 bits per heavy atom. The van der Waals surface area contributed by atoms with Gasteiger partial charge in [-0.2, -0.15) is 0 Å². The summed E-state index contributed by atoms with van der Waals surface area (Å²) in [5, 5.41) is 23.4. The summed E-state index contributed by atoms with van der Waals surface area (Å²) in [5.41, 5.74) is 1.68. The van der Waals surface area contributed by atoms with Crippen LogP contribution in [0.15, 0.2) is 48.0 Å². The lowest BCUT2D eigenvalue weighted by molar-refractivity contribution is -0.137. The van der Waals surface area contributed by atoms with Gasteiger partial charge in [-0.15, -0.1) is 0 Å². The Morgan fingerprint density at radius 2 is 1.97 bits per heavy atom. The number of aliphatic hydroxyl groups excluding tert-OH is 2. The smallest absolute Gasteiger partial charge is 0.247 e. The fraction of sp³-hybridized carbons (Fsp3) is 0.370. The van der Waals surface area contributed by atoms with Crippen molar-refractivity contribution >= 4 is 18.1 Å². The molecule has 0 bridgehead atoms. The van der Waals surface area contributed by atoms with Gasteiger partial charge >= 0.3 is 0 Å². The van der Waals surface area contributed by atoms with E-state index in [0.29, 0.717) is 28.7 Å². The number of hydrogen-bond acceptors (Lipinski definition) is 7. The summed E-state index contributed by atoms with van der Waals surface area (Å²) in [7, 11) is 1.42. The molecule has 1 aliphatic carbocycles. The van der Waals surface area contributed by atoms with Crippen molar-refractivity contribution in [3.05, 3.63) is 70.6 Å². The average Bonchev–Trinajstić information content (AvgIpc) is 3.31. The SMILES string of the molecule is CCC(=O)N(Cc1ccc(F)cc1)C1C=C(C(=O)NCCO)C2c3cc(C=O)cc(OC)c3OC2C1O. The molecule has 2 aromatic carbocycles. The normalized spacial score (nSPS) is 21.7. The number of nitrogens with zero attached hydrogens (tertiary/aromatic N) is 1. The van der Waals surface area contributed by atoms with Crippen molar-refractivity contribution in [1.29, 1.82) is 0 Å². The highest BCUT2D eigenvalue weighted by Crippen LogP contribution is 2.51. The van der Waals surface area contributed by atoms with Crippen LogP contribution in [0, 0.1) is 5.82 Å². The summed E-state index contributed by atoms with van der Waals surface area (Å²) in [4.78, 5) is 39.3. The molecule has 2 aromatic rings. The van der Waals surface area contributed by atoms with E-state index in [2.05, 4.69) is 5.32 Å². The van der Waals surface area contributed by atoms with Crippen molar-refractivity contribution in [2.24, 2.45) is 0 Å². The summed E-state index contributed by atoms with van der Waals surface area (Å²) < 4.78 is 25.0. The van der Waals surface area contributed by atoms with Gasteiger partial charge in [-0.1, -0.05) is 19.1 Å². The molecule has 37 heavy (non-hydrogen) atoms. The second-order valence-corrected chi connectivity index (χ2v) is 8.90. The molecular weight excluding hydrogens is 483 g/mol. The number of fused-ring (bicyclic) bond motifs is 3. The minimum absolute atomic E-state index is 0.000618. The number of methoxy groups -OCH3 is 1. The first-order chi connectivity index (χ1) is 17.8. The van der Waals surface area contributed by atoms with Crippen molar-refractivity contribution in [3.63, 3.8) is 0 Å². The van der Waals surface area contributed by atoms with Crippen LogP contribution in [0.4, 0.5) is 4.39 Å². The number of amides is 2. The number of aliphatic hydroxyl groups is 2. The predicted molar refractivity (Wildman–Crippen MR) is 131 cm³/mol. The van der Waals surface area contributed by atoms with E-state index < -0.39 is 35.9 Å². The molecule has 0 spiro atoms. The van der Waals surface area contributed by atoms with Crippen LogP contribution in [-0.2, 0) is 16.1 Å². The summed E-state index contributed by atoms with van der Waals surface area (Å²) in [6.07, 6.45) is 0.116. The zero-order chi connectivity index (χ0) is 26.7. The molecule has 1 aliphatic heterocycles. The summed E-state index contributed by atoms with van der Waals surface area (Å²) in [6, 6.07) is 7.82. The molecule has 4 unspecified atom stereocenters. The van der Waals surface area contributed by atoms with Crippen LogP contribution in [0.2, 0.25) is 0 Å². The molecule has 0 aromatic heterocycles. The Labute approximate surface area is 213 Å². The molecule has 4 atom stereocenters. The summed E-state index contributed by atoms with van der Waals surface area (Å²) in [5.74, 6) is -1.37. The Hall–Kier alpha value is -3.76. The lowest BCUT2D eigenvalue weighted by Gasteiger charge is -2.40. The number of nitrogens with one attached hydrogen (secondary N) is 1. The van der Waals surface area contributed by atoms with Crippen molar-refractivity contribution < 1.29 is 38.5 Å². The molecule has 0 saturated heterocycles. The van der Waals surface area contributed by atoms with E-state index in [4.69, 9.17) is 9.47 Å². The third-order valence-corrected chi connectivity index (χ3v) is 6.66. The Bertz CT molecular complexity index is 1210. The van der Waals surface area contributed by atoms with Crippen molar-refractivity contribution in [2.45, 2.75) is 44.1 Å². The van der Waals surface area contributed by atoms with Crippen LogP contribution < -0.4 is 14.8 Å². The molecule has 1 heterocycles. The van der Waals surface area contributed by atoms with Gasteiger partial charge in [0, 0.05) is 36.2 Å². The maximum atomic E-state index is 13.5. The van der Waals surface area contributed by atoms with Gasteiger partial charge in [0.15, 0.2) is 11.5 Å². The van der Waals surface area contributed by atoms with E-state index in [1.54, 1.807) is 25.1 Å². The topological polar surface area (TPSA) is 125 Å². The molecule has 0 radical (unpaired) electrons. The highest BCUT2D eigenvalue weighted by atomic mass is 19.1. The van der Waals surface area contributed by atoms with Crippen LogP contribution in [0.1, 0.15) is 40.7 Å². The Morgan fingerprint density at radius 3 is 2.59 bits per heavy atom. The van der Waals surface area contributed by atoms with Gasteiger partial charge < -0.3 is 29.9 Å². The maximum Gasteiger partial charge on any atom is 0.247 e. The van der Waals surface area contributed by atoms with E-state index in [9.17, 15) is 29.0 Å². The lowest BCUT2D eigenvalue weighted by atomic mass is 9.77. The first-order valence-corrected chi connectivity index (χ1v) is 12.0. The second kappa shape index (κ2) is 11.1. The largest absolute Gasteiger partial charge is 0.493 e. The molecule has 3 N–H and O–H groups in total. The molecule has 2 amide bonds. The highest BCUT2D eigenvalue weighted by Gasteiger charge is 2.51. The van der Waals surface area contributed by atoms with Gasteiger partial charge in [0.05, 0.1) is 25.7 Å². The van der Waals surface area contributed by atoms with E-state index in [-0.39, 0.29) is 43.3 Å². The fourth-order valence-corrected chi connectivity index (χ4v) is 4.91. The number of halogens is 1. The van der Waals surface area contributed by atoms with Gasteiger partial charge in [-0.05, 0) is 35.9 Å². The maximum absolute atomic E-state index is 13.5. The van der Waals surface area contributed by atoms with Gasteiger partial charge in [-0.25, -0.2) is 4.39 Å². The van der Waals surface area contributed by atoms with E-state index in [1.165, 1.54) is 36.3 Å². The number of hydrogen-bond donors (Lipinski definition) is 3. The molecule has 196 valence electrons. The fourth-order valence-electron chi connectivity index (χ4n) is 4.91. The molecule has 0 fully saturated rings. The van der Waals surface area contributed by atoms with Gasteiger partial charge in [0.1, 0.15) is 24.3 Å². The predicted octanol–water partition coefficient (Wildman–Crippen LogP) is 1.71. The van der Waals surface area contributed by atoms with E-state index in [0.717, 1.165) is 0 Å². The summed E-state index contributed by atoms with van der Waals surface area (Å²) in [6.45, 7) is 1.48. The Balaban J connectivity index is 1.81. The number of rotatable bonds is 9. The molecule has 4 rings (SSSR count). The van der Waals surface area contributed by atoms with Gasteiger partial charge in [0.25, 0.3) is 0 Å². The van der Waals surface area contributed by atoms with Crippen molar-refractivity contribution in [1.82, 2.24) is 10.2 Å². The number of ether oxygens (including phenoxy) is 2. The van der Waals surface area contributed by atoms with Gasteiger partial charge in [0.2, 0.25) is 11.8 Å².